The zero-order valence-corrected chi connectivity index (χ0v) is 13.1. The lowest BCUT2D eigenvalue weighted by molar-refractivity contribution is 0.112. The van der Waals surface area contributed by atoms with Crippen molar-refractivity contribution >= 4 is 12.2 Å². The molecule has 23 heavy (non-hydrogen) atoms. The number of benzene rings is 1. The Morgan fingerprint density at radius 2 is 2.00 bits per heavy atom. The van der Waals surface area contributed by atoms with E-state index in [2.05, 4.69) is 5.32 Å². The number of carbonyl (C=O) groups is 2. The van der Waals surface area contributed by atoms with E-state index < -0.39 is 12.2 Å². The van der Waals surface area contributed by atoms with E-state index in [1.807, 2.05) is 30.3 Å². The van der Waals surface area contributed by atoms with Crippen molar-refractivity contribution in [2.75, 3.05) is 26.3 Å². The molecule has 1 saturated heterocycles. The van der Waals surface area contributed by atoms with Gasteiger partial charge in [-0.2, -0.15) is 0 Å². The Morgan fingerprint density at radius 1 is 1.26 bits per heavy atom. The summed E-state index contributed by atoms with van der Waals surface area (Å²) in [5.41, 5.74) is 0.890. The molecule has 0 spiro atoms. The molecule has 1 aromatic carbocycles. The number of likely N-dealkylation sites (tertiary alicyclic amines) is 1. The monoisotopic (exact) mass is 322 g/mol. The van der Waals surface area contributed by atoms with Crippen LogP contribution < -0.4 is 5.32 Å². The fraction of sp³-hybridized carbons (Fsp3) is 0.500. The van der Waals surface area contributed by atoms with Crippen LogP contribution in [0.25, 0.3) is 0 Å². The maximum Gasteiger partial charge on any atom is 0.409 e. The van der Waals surface area contributed by atoms with E-state index in [1.54, 1.807) is 6.92 Å². The summed E-state index contributed by atoms with van der Waals surface area (Å²) in [5, 5.41) is 12.1. The van der Waals surface area contributed by atoms with Crippen LogP contribution in [0.15, 0.2) is 30.3 Å². The quantitative estimate of drug-likeness (QED) is 0.854. The fourth-order valence-electron chi connectivity index (χ4n) is 2.50. The van der Waals surface area contributed by atoms with Crippen LogP contribution >= 0.6 is 0 Å². The van der Waals surface area contributed by atoms with Gasteiger partial charge in [0.1, 0.15) is 6.61 Å². The van der Waals surface area contributed by atoms with Gasteiger partial charge in [-0.25, -0.2) is 9.59 Å². The first kappa shape index (κ1) is 17.1. The summed E-state index contributed by atoms with van der Waals surface area (Å²) < 4.78 is 10.1. The topological polar surface area (TPSA) is 88.1 Å². The number of aliphatic hydroxyl groups is 1. The van der Waals surface area contributed by atoms with Gasteiger partial charge in [0.25, 0.3) is 0 Å². The molecule has 1 fully saturated rings. The minimum Gasteiger partial charge on any atom is -0.450 e. The van der Waals surface area contributed by atoms with Gasteiger partial charge in [0, 0.05) is 25.6 Å². The van der Waals surface area contributed by atoms with Crippen molar-refractivity contribution in [1.29, 1.82) is 0 Å². The average molecular weight is 322 g/mol. The SMILES string of the molecule is CCOC(=O)N1C[C@@H](CO)[C@@H](NC(=O)OCc2ccccc2)C1. The Hall–Kier alpha value is -2.28. The third-order valence-corrected chi connectivity index (χ3v) is 3.72. The van der Waals surface area contributed by atoms with E-state index in [-0.39, 0.29) is 31.8 Å². The second-order valence-electron chi connectivity index (χ2n) is 5.36. The van der Waals surface area contributed by atoms with Gasteiger partial charge >= 0.3 is 12.2 Å². The number of nitrogens with zero attached hydrogens (tertiary/aromatic N) is 1. The number of hydrogen-bond donors (Lipinski definition) is 2. The third-order valence-electron chi connectivity index (χ3n) is 3.72. The maximum absolute atomic E-state index is 11.9. The highest BCUT2D eigenvalue weighted by Crippen LogP contribution is 2.18. The first-order chi connectivity index (χ1) is 11.1. The average Bonchev–Trinajstić information content (AvgIpc) is 2.97. The van der Waals surface area contributed by atoms with Crippen molar-refractivity contribution in [3.63, 3.8) is 0 Å². The van der Waals surface area contributed by atoms with Crippen molar-refractivity contribution in [2.45, 2.75) is 19.6 Å². The van der Waals surface area contributed by atoms with Crippen molar-refractivity contribution in [1.82, 2.24) is 10.2 Å². The number of aliphatic hydroxyl groups excluding tert-OH is 1. The summed E-state index contributed by atoms with van der Waals surface area (Å²) in [5.74, 6) is -0.233. The molecule has 0 saturated carbocycles. The molecule has 2 atom stereocenters. The van der Waals surface area contributed by atoms with E-state index in [1.165, 1.54) is 4.90 Å². The van der Waals surface area contributed by atoms with Crippen LogP contribution in [0.2, 0.25) is 0 Å². The minimum atomic E-state index is -0.567. The van der Waals surface area contributed by atoms with Crippen molar-refractivity contribution in [3.05, 3.63) is 35.9 Å². The predicted octanol–water partition coefficient (Wildman–Crippen LogP) is 1.36. The van der Waals surface area contributed by atoms with Gasteiger partial charge in [-0.3, -0.25) is 0 Å². The number of rotatable bonds is 5. The van der Waals surface area contributed by atoms with Crippen LogP contribution in [0.3, 0.4) is 0 Å². The van der Waals surface area contributed by atoms with E-state index in [0.717, 1.165) is 5.56 Å². The van der Waals surface area contributed by atoms with Crippen LogP contribution in [0.4, 0.5) is 9.59 Å². The molecule has 0 radical (unpaired) electrons. The Kier molecular flexibility index (Phi) is 6.22. The summed E-state index contributed by atoms with van der Waals surface area (Å²) in [7, 11) is 0. The lowest BCUT2D eigenvalue weighted by Crippen LogP contribution is -2.42. The summed E-state index contributed by atoms with van der Waals surface area (Å²) in [6.07, 6.45) is -1.00. The van der Waals surface area contributed by atoms with E-state index in [0.29, 0.717) is 13.1 Å². The molecule has 1 heterocycles. The van der Waals surface area contributed by atoms with Crippen LogP contribution in [0.1, 0.15) is 12.5 Å². The molecule has 0 unspecified atom stereocenters. The first-order valence-corrected chi connectivity index (χ1v) is 7.63. The minimum absolute atomic E-state index is 0.125. The predicted molar refractivity (Wildman–Crippen MR) is 82.7 cm³/mol. The van der Waals surface area contributed by atoms with Gasteiger partial charge in [-0.05, 0) is 12.5 Å². The third kappa shape index (κ3) is 4.85. The van der Waals surface area contributed by atoms with Crippen LogP contribution in [0, 0.1) is 5.92 Å². The van der Waals surface area contributed by atoms with E-state index in [9.17, 15) is 14.7 Å². The lowest BCUT2D eigenvalue weighted by Gasteiger charge is -2.17. The largest absolute Gasteiger partial charge is 0.450 e. The molecular weight excluding hydrogens is 300 g/mol. The van der Waals surface area contributed by atoms with Gasteiger partial charge in [0.15, 0.2) is 0 Å². The summed E-state index contributed by atoms with van der Waals surface area (Å²) in [6.45, 7) is 2.71. The standard InChI is InChI=1S/C16H22N2O5/c1-2-22-16(21)18-8-13(10-19)14(9-18)17-15(20)23-11-12-6-4-3-5-7-12/h3-7,13-14,19H,2,8-11H2,1H3,(H,17,20)/t13-,14-/m0/s1. The van der Waals surface area contributed by atoms with Gasteiger partial charge in [0.2, 0.25) is 0 Å². The number of ether oxygens (including phenoxy) is 2. The number of alkyl carbamates (subject to hydrolysis) is 1. The zero-order chi connectivity index (χ0) is 16.7. The smallest absolute Gasteiger partial charge is 0.409 e. The Bertz CT molecular complexity index is 522. The lowest BCUT2D eigenvalue weighted by atomic mass is 10.1. The molecule has 126 valence electrons. The van der Waals surface area contributed by atoms with Crippen LogP contribution in [0.5, 0.6) is 0 Å². The van der Waals surface area contributed by atoms with Crippen molar-refractivity contribution in [3.8, 4) is 0 Å². The maximum atomic E-state index is 11.9. The Morgan fingerprint density at radius 3 is 2.65 bits per heavy atom. The van der Waals surface area contributed by atoms with Crippen LogP contribution in [-0.4, -0.2) is 54.5 Å². The van der Waals surface area contributed by atoms with Crippen molar-refractivity contribution in [2.24, 2.45) is 5.92 Å². The molecule has 0 aromatic heterocycles. The highest BCUT2D eigenvalue weighted by Gasteiger charge is 2.36. The second kappa shape index (κ2) is 8.38. The molecule has 0 bridgehead atoms. The molecule has 2 amide bonds. The number of hydrogen-bond acceptors (Lipinski definition) is 5. The molecule has 1 aliphatic heterocycles. The zero-order valence-electron chi connectivity index (χ0n) is 13.1. The van der Waals surface area contributed by atoms with Gasteiger partial charge in [-0.15, -0.1) is 0 Å². The van der Waals surface area contributed by atoms with Crippen molar-refractivity contribution < 1.29 is 24.2 Å². The Labute approximate surface area is 135 Å². The number of carbonyl (C=O) groups excluding carboxylic acids is 2. The molecule has 2 rings (SSSR count). The molecule has 0 aliphatic carbocycles. The normalized spacial score (nSPS) is 20.2. The molecule has 7 heteroatoms. The molecule has 1 aromatic rings. The van der Waals surface area contributed by atoms with Gasteiger partial charge < -0.3 is 24.8 Å². The molecule has 7 nitrogen and oxygen atoms in total. The van der Waals surface area contributed by atoms with E-state index >= 15 is 0 Å². The highest BCUT2D eigenvalue weighted by molar-refractivity contribution is 5.70. The molecular formula is C16H22N2O5. The Balaban J connectivity index is 1.83. The van der Waals surface area contributed by atoms with Gasteiger partial charge in [-0.1, -0.05) is 30.3 Å². The highest BCUT2D eigenvalue weighted by atomic mass is 16.6. The summed E-state index contributed by atoms with van der Waals surface area (Å²) >= 11 is 0. The van der Waals surface area contributed by atoms with E-state index in [4.69, 9.17) is 9.47 Å². The molecule has 2 N–H and O–H groups in total. The summed E-state index contributed by atoms with van der Waals surface area (Å²) in [6, 6.07) is 8.99. The second-order valence-corrected chi connectivity index (χ2v) is 5.36. The summed E-state index contributed by atoms with van der Waals surface area (Å²) in [4.78, 5) is 25.1. The number of nitrogens with one attached hydrogen (secondary N) is 1. The molecule has 1 aliphatic rings. The first-order valence-electron chi connectivity index (χ1n) is 7.63. The van der Waals surface area contributed by atoms with Gasteiger partial charge in [0.05, 0.1) is 12.6 Å². The van der Waals surface area contributed by atoms with Crippen LogP contribution in [-0.2, 0) is 16.1 Å². The fourth-order valence-corrected chi connectivity index (χ4v) is 2.50. The number of amides is 2.